The Morgan fingerprint density at radius 2 is 1.78 bits per heavy atom. The molecule has 1 saturated carbocycles. The maximum atomic E-state index is 13.4. The number of hydrogen-bond donors (Lipinski definition) is 0. The number of aromatic nitrogens is 3. The van der Waals surface area contributed by atoms with Crippen LogP contribution in [-0.2, 0) is 0 Å². The van der Waals surface area contributed by atoms with Gasteiger partial charge in [-0.25, -0.2) is 4.98 Å². The van der Waals surface area contributed by atoms with Gasteiger partial charge in [-0.3, -0.25) is 14.3 Å². The van der Waals surface area contributed by atoms with Crippen molar-refractivity contribution in [1.29, 1.82) is 0 Å². The van der Waals surface area contributed by atoms with Crippen LogP contribution in [0.25, 0.3) is 16.7 Å². The minimum absolute atomic E-state index is 0.0550. The van der Waals surface area contributed by atoms with Crippen LogP contribution in [0.2, 0.25) is 5.02 Å². The van der Waals surface area contributed by atoms with Crippen molar-refractivity contribution in [3.8, 4) is 0 Å². The van der Waals surface area contributed by atoms with Gasteiger partial charge >= 0.3 is 0 Å². The van der Waals surface area contributed by atoms with E-state index in [1.165, 1.54) is 0 Å². The molecule has 4 heterocycles. The largest absolute Gasteiger partial charge is 0.371 e. The Balaban J connectivity index is 1.16. The molecule has 1 atom stereocenters. The van der Waals surface area contributed by atoms with E-state index in [4.69, 9.17) is 16.6 Å². The predicted molar refractivity (Wildman–Crippen MR) is 150 cm³/mol. The summed E-state index contributed by atoms with van der Waals surface area (Å²) in [5.41, 5.74) is 2.84. The smallest absolute Gasteiger partial charge is 0.264 e. The lowest BCUT2D eigenvalue weighted by Gasteiger charge is -2.48. The van der Waals surface area contributed by atoms with Crippen LogP contribution in [-0.4, -0.2) is 69.1 Å². The summed E-state index contributed by atoms with van der Waals surface area (Å²) < 4.78 is 1.95. The van der Waals surface area contributed by atoms with Crippen LogP contribution < -0.4 is 10.5 Å². The Kier molecular flexibility index (Phi) is 6.67. The molecule has 0 N–H and O–H groups in total. The zero-order valence-electron chi connectivity index (χ0n) is 21.5. The molecule has 0 amide bonds. The molecule has 2 aromatic heterocycles. The zero-order chi connectivity index (χ0) is 25.5. The van der Waals surface area contributed by atoms with E-state index in [1.54, 1.807) is 6.20 Å². The highest BCUT2D eigenvalue weighted by Crippen LogP contribution is 2.37. The molecule has 8 heteroatoms. The van der Waals surface area contributed by atoms with Gasteiger partial charge in [0.1, 0.15) is 0 Å². The van der Waals surface area contributed by atoms with Crippen LogP contribution in [0.3, 0.4) is 0 Å². The number of nitrogens with zero attached hydrogens (tertiary/aromatic N) is 6. The number of halogens is 1. The van der Waals surface area contributed by atoms with Gasteiger partial charge in [0.05, 0.1) is 5.39 Å². The van der Waals surface area contributed by atoms with Gasteiger partial charge in [0, 0.05) is 67.8 Å². The maximum Gasteiger partial charge on any atom is 0.264 e. The van der Waals surface area contributed by atoms with Gasteiger partial charge in [0.2, 0.25) is 5.95 Å². The molecule has 6 rings (SSSR count). The lowest BCUT2D eigenvalue weighted by molar-refractivity contribution is 0.0762. The van der Waals surface area contributed by atoms with Crippen LogP contribution in [0.1, 0.15) is 50.6 Å². The zero-order valence-corrected chi connectivity index (χ0v) is 22.3. The highest BCUT2D eigenvalue weighted by atomic mass is 35.5. The molecule has 0 radical (unpaired) electrons. The topological polar surface area (TPSA) is 57.5 Å². The third-order valence-corrected chi connectivity index (χ3v) is 8.60. The second-order valence-corrected chi connectivity index (χ2v) is 11.0. The minimum atomic E-state index is 0.0550. The third kappa shape index (κ3) is 4.75. The standard InChI is InChI=1S/C29H35ClN6O/c1-3-23-19-34(29-32-27-26(5-4-14-31-27)28(37)36(29)25-10-11-25)17-18-35(23)24-12-15-33(16-13-24)20(2)21-6-8-22(30)9-7-21/h4-9,14,23-25H,2-3,10-13,15-19H2,1H3/t23-/m0/s1. The molecule has 37 heavy (non-hydrogen) atoms. The van der Waals surface area contributed by atoms with Gasteiger partial charge in [0.25, 0.3) is 5.56 Å². The second kappa shape index (κ2) is 10.1. The van der Waals surface area contributed by atoms with E-state index in [2.05, 4.69) is 45.3 Å². The molecular formula is C29H35ClN6O. The molecule has 2 saturated heterocycles. The van der Waals surface area contributed by atoms with E-state index in [0.717, 1.165) is 87.1 Å². The fourth-order valence-electron chi connectivity index (χ4n) is 6.09. The first-order valence-electron chi connectivity index (χ1n) is 13.6. The normalized spacial score (nSPS) is 21.5. The summed E-state index contributed by atoms with van der Waals surface area (Å²) in [7, 11) is 0. The predicted octanol–water partition coefficient (Wildman–Crippen LogP) is 4.82. The van der Waals surface area contributed by atoms with Gasteiger partial charge in [-0.05, 0) is 61.9 Å². The molecule has 0 unspecified atom stereocenters. The fourth-order valence-corrected chi connectivity index (χ4v) is 6.22. The first-order valence-corrected chi connectivity index (χ1v) is 14.0. The number of rotatable bonds is 6. The Morgan fingerprint density at radius 1 is 1.03 bits per heavy atom. The van der Waals surface area contributed by atoms with Crippen LogP contribution in [0.15, 0.2) is 54.0 Å². The van der Waals surface area contributed by atoms with Crippen molar-refractivity contribution in [3.63, 3.8) is 0 Å². The summed E-state index contributed by atoms with van der Waals surface area (Å²) in [5, 5.41) is 1.38. The molecule has 2 aliphatic heterocycles. The Labute approximate surface area is 223 Å². The number of piperazine rings is 1. The highest BCUT2D eigenvalue weighted by Gasteiger charge is 2.36. The lowest BCUT2D eigenvalue weighted by atomic mass is 9.97. The average Bonchev–Trinajstić information content (AvgIpc) is 3.78. The number of likely N-dealkylation sites (tertiary alicyclic amines) is 1. The molecule has 0 spiro atoms. The van der Waals surface area contributed by atoms with Crippen molar-refractivity contribution in [2.24, 2.45) is 0 Å². The lowest BCUT2D eigenvalue weighted by Crippen LogP contribution is -2.59. The number of piperidine rings is 1. The molecular weight excluding hydrogens is 484 g/mol. The quantitative estimate of drug-likeness (QED) is 0.466. The summed E-state index contributed by atoms with van der Waals surface area (Å²) in [6, 6.07) is 12.9. The minimum Gasteiger partial charge on any atom is -0.371 e. The van der Waals surface area contributed by atoms with Crippen molar-refractivity contribution in [2.45, 2.75) is 57.2 Å². The van der Waals surface area contributed by atoms with Crippen LogP contribution in [0.4, 0.5) is 5.95 Å². The first kappa shape index (κ1) is 24.4. The molecule has 1 aromatic carbocycles. The van der Waals surface area contributed by atoms with Gasteiger partial charge in [0.15, 0.2) is 5.65 Å². The Morgan fingerprint density at radius 3 is 2.49 bits per heavy atom. The Hall–Kier alpha value is -2.90. The summed E-state index contributed by atoms with van der Waals surface area (Å²) in [4.78, 5) is 30.2. The second-order valence-electron chi connectivity index (χ2n) is 10.6. The van der Waals surface area contributed by atoms with E-state index in [-0.39, 0.29) is 11.6 Å². The van der Waals surface area contributed by atoms with E-state index >= 15 is 0 Å². The molecule has 7 nitrogen and oxygen atoms in total. The van der Waals surface area contributed by atoms with Crippen LogP contribution >= 0.6 is 11.6 Å². The molecule has 0 bridgehead atoms. The first-order chi connectivity index (χ1) is 18.0. The number of hydrogen-bond acceptors (Lipinski definition) is 6. The van der Waals surface area contributed by atoms with Gasteiger partial charge in [-0.2, -0.15) is 4.98 Å². The average molecular weight is 519 g/mol. The van der Waals surface area contributed by atoms with E-state index in [0.29, 0.717) is 23.1 Å². The highest BCUT2D eigenvalue weighted by molar-refractivity contribution is 6.30. The summed E-state index contributed by atoms with van der Waals surface area (Å²) in [5.74, 6) is 0.811. The van der Waals surface area contributed by atoms with Gasteiger partial charge < -0.3 is 9.80 Å². The fraction of sp³-hybridized carbons (Fsp3) is 0.483. The van der Waals surface area contributed by atoms with Gasteiger partial charge in [-0.1, -0.05) is 37.2 Å². The number of pyridine rings is 1. The molecule has 3 aromatic rings. The third-order valence-electron chi connectivity index (χ3n) is 8.34. The van der Waals surface area contributed by atoms with Crippen LogP contribution in [0.5, 0.6) is 0 Å². The summed E-state index contributed by atoms with van der Waals surface area (Å²) in [6.45, 7) is 11.4. The number of benzene rings is 1. The number of fused-ring (bicyclic) bond motifs is 1. The van der Waals surface area contributed by atoms with E-state index in [1.807, 2.05) is 28.8 Å². The van der Waals surface area contributed by atoms with Crippen molar-refractivity contribution in [1.82, 2.24) is 24.3 Å². The SMILES string of the molecule is C=C(c1ccc(Cl)cc1)N1CCC(N2CCN(c3nc4ncccc4c(=O)n3C3CC3)C[C@@H]2CC)CC1. The molecule has 1 aliphatic carbocycles. The van der Waals surface area contributed by atoms with Crippen molar-refractivity contribution >= 4 is 34.3 Å². The Bertz CT molecular complexity index is 1340. The monoisotopic (exact) mass is 518 g/mol. The van der Waals surface area contributed by atoms with Crippen LogP contribution in [0, 0.1) is 0 Å². The molecule has 3 aliphatic rings. The van der Waals surface area contributed by atoms with E-state index < -0.39 is 0 Å². The van der Waals surface area contributed by atoms with Crippen molar-refractivity contribution in [3.05, 3.63) is 70.1 Å². The summed E-state index contributed by atoms with van der Waals surface area (Å²) in [6.07, 6.45) is 7.17. The maximum absolute atomic E-state index is 13.4. The van der Waals surface area contributed by atoms with Crippen molar-refractivity contribution in [2.75, 3.05) is 37.6 Å². The molecule has 194 valence electrons. The van der Waals surface area contributed by atoms with E-state index in [9.17, 15) is 4.79 Å². The molecule has 3 fully saturated rings. The van der Waals surface area contributed by atoms with Crippen molar-refractivity contribution < 1.29 is 0 Å². The summed E-state index contributed by atoms with van der Waals surface area (Å²) >= 11 is 6.07. The number of anilines is 1. The van der Waals surface area contributed by atoms with Gasteiger partial charge in [-0.15, -0.1) is 0 Å².